The highest BCUT2D eigenvalue weighted by Crippen LogP contribution is 2.15. The van der Waals surface area contributed by atoms with Gasteiger partial charge in [0, 0.05) is 20.2 Å². The number of ether oxygens (including phenoxy) is 1. The molecular formula is C10H19NO2. The van der Waals surface area contributed by atoms with Crippen LogP contribution in [0.1, 0.15) is 20.3 Å². The van der Waals surface area contributed by atoms with Crippen molar-refractivity contribution in [3.05, 3.63) is 0 Å². The molecule has 0 radical (unpaired) electrons. The van der Waals surface area contributed by atoms with Crippen LogP contribution in [0.15, 0.2) is 0 Å². The van der Waals surface area contributed by atoms with Gasteiger partial charge in [-0.3, -0.25) is 4.79 Å². The summed E-state index contributed by atoms with van der Waals surface area (Å²) in [4.78, 5) is 13.6. The van der Waals surface area contributed by atoms with Crippen LogP contribution in [0, 0.1) is 11.8 Å². The van der Waals surface area contributed by atoms with E-state index in [1.54, 1.807) is 0 Å². The standard InChI is InChI=1S/C10H19NO2/c1-8(2)6-11(3)10(12)9-4-5-13-7-9/h8-9H,4-7H2,1-3H3/t9-/m1/s1. The van der Waals surface area contributed by atoms with E-state index in [2.05, 4.69) is 13.8 Å². The third-order valence-electron chi connectivity index (χ3n) is 2.29. The van der Waals surface area contributed by atoms with Gasteiger partial charge in [0.1, 0.15) is 0 Å². The summed E-state index contributed by atoms with van der Waals surface area (Å²) in [7, 11) is 1.88. The predicted molar refractivity (Wildman–Crippen MR) is 51.4 cm³/mol. The zero-order chi connectivity index (χ0) is 9.84. The molecule has 1 atom stereocenters. The average Bonchev–Trinajstić information content (AvgIpc) is 2.53. The molecule has 0 unspecified atom stereocenters. The highest BCUT2D eigenvalue weighted by Gasteiger charge is 2.26. The summed E-state index contributed by atoms with van der Waals surface area (Å²) >= 11 is 0. The Kier molecular flexibility index (Phi) is 3.72. The van der Waals surface area contributed by atoms with Gasteiger partial charge in [0.15, 0.2) is 0 Å². The summed E-state index contributed by atoms with van der Waals surface area (Å²) in [5.74, 6) is 0.895. The maximum Gasteiger partial charge on any atom is 0.227 e. The van der Waals surface area contributed by atoms with Crippen molar-refractivity contribution < 1.29 is 9.53 Å². The van der Waals surface area contributed by atoms with Gasteiger partial charge < -0.3 is 9.64 Å². The van der Waals surface area contributed by atoms with E-state index >= 15 is 0 Å². The monoisotopic (exact) mass is 185 g/mol. The number of rotatable bonds is 3. The number of carbonyl (C=O) groups excluding carboxylic acids is 1. The molecule has 1 aliphatic heterocycles. The van der Waals surface area contributed by atoms with Gasteiger partial charge >= 0.3 is 0 Å². The lowest BCUT2D eigenvalue weighted by Gasteiger charge is -2.21. The van der Waals surface area contributed by atoms with E-state index in [0.717, 1.165) is 19.6 Å². The second-order valence-corrected chi connectivity index (χ2v) is 4.17. The van der Waals surface area contributed by atoms with E-state index < -0.39 is 0 Å². The molecule has 3 nitrogen and oxygen atoms in total. The fourth-order valence-electron chi connectivity index (χ4n) is 1.68. The Bertz CT molecular complexity index is 174. The molecule has 3 heteroatoms. The molecule has 1 heterocycles. The van der Waals surface area contributed by atoms with Crippen LogP contribution in [0.25, 0.3) is 0 Å². The average molecular weight is 185 g/mol. The smallest absolute Gasteiger partial charge is 0.227 e. The third-order valence-corrected chi connectivity index (χ3v) is 2.29. The van der Waals surface area contributed by atoms with Crippen LogP contribution in [0.5, 0.6) is 0 Å². The molecule has 0 aromatic heterocycles. The summed E-state index contributed by atoms with van der Waals surface area (Å²) in [5, 5.41) is 0. The number of amides is 1. The normalized spacial score (nSPS) is 22.3. The lowest BCUT2D eigenvalue weighted by atomic mass is 10.1. The van der Waals surface area contributed by atoms with Gasteiger partial charge in [0.2, 0.25) is 5.91 Å². The Morgan fingerprint density at radius 3 is 2.77 bits per heavy atom. The Hall–Kier alpha value is -0.570. The highest BCUT2D eigenvalue weighted by molar-refractivity contribution is 5.78. The first kappa shape index (κ1) is 10.5. The van der Waals surface area contributed by atoms with Crippen molar-refractivity contribution in [2.24, 2.45) is 11.8 Å². The fraction of sp³-hybridized carbons (Fsp3) is 0.900. The Morgan fingerprint density at radius 2 is 2.31 bits per heavy atom. The molecule has 0 aromatic carbocycles. The molecule has 1 fully saturated rings. The van der Waals surface area contributed by atoms with Gasteiger partial charge in [-0.15, -0.1) is 0 Å². The van der Waals surface area contributed by atoms with Crippen LogP contribution < -0.4 is 0 Å². The van der Waals surface area contributed by atoms with E-state index in [1.165, 1.54) is 0 Å². The van der Waals surface area contributed by atoms with Crippen molar-refractivity contribution >= 4 is 5.91 Å². The first-order valence-corrected chi connectivity index (χ1v) is 4.94. The quantitative estimate of drug-likeness (QED) is 0.660. The van der Waals surface area contributed by atoms with E-state index in [1.807, 2.05) is 11.9 Å². The molecule has 1 rings (SSSR count). The van der Waals surface area contributed by atoms with Gasteiger partial charge in [0.25, 0.3) is 0 Å². The molecule has 1 saturated heterocycles. The van der Waals surface area contributed by atoms with Gasteiger partial charge in [-0.2, -0.15) is 0 Å². The minimum absolute atomic E-state index is 0.115. The van der Waals surface area contributed by atoms with Gasteiger partial charge in [-0.25, -0.2) is 0 Å². The zero-order valence-corrected chi connectivity index (χ0v) is 8.75. The fourth-order valence-corrected chi connectivity index (χ4v) is 1.68. The Labute approximate surface area is 80.1 Å². The molecule has 0 aliphatic carbocycles. The molecular weight excluding hydrogens is 166 g/mol. The lowest BCUT2D eigenvalue weighted by molar-refractivity contribution is -0.134. The maximum atomic E-state index is 11.7. The zero-order valence-electron chi connectivity index (χ0n) is 8.75. The summed E-state index contributed by atoms with van der Waals surface area (Å²) in [5.41, 5.74) is 0. The van der Waals surface area contributed by atoms with Crippen molar-refractivity contribution in [3.8, 4) is 0 Å². The van der Waals surface area contributed by atoms with E-state index in [0.29, 0.717) is 12.5 Å². The summed E-state index contributed by atoms with van der Waals surface area (Å²) < 4.78 is 5.19. The molecule has 1 aliphatic rings. The number of hydrogen-bond acceptors (Lipinski definition) is 2. The van der Waals surface area contributed by atoms with Crippen LogP contribution in [0.3, 0.4) is 0 Å². The molecule has 0 bridgehead atoms. The molecule has 0 N–H and O–H groups in total. The topological polar surface area (TPSA) is 29.5 Å². The first-order valence-electron chi connectivity index (χ1n) is 4.94. The molecule has 13 heavy (non-hydrogen) atoms. The number of hydrogen-bond donors (Lipinski definition) is 0. The molecule has 76 valence electrons. The summed E-state index contributed by atoms with van der Waals surface area (Å²) in [6.45, 7) is 6.44. The van der Waals surface area contributed by atoms with Crippen LogP contribution >= 0.6 is 0 Å². The van der Waals surface area contributed by atoms with Crippen LogP contribution in [0.2, 0.25) is 0 Å². The SMILES string of the molecule is CC(C)CN(C)C(=O)[C@@H]1CCOC1. The third kappa shape index (κ3) is 2.99. The van der Waals surface area contributed by atoms with E-state index in [-0.39, 0.29) is 11.8 Å². The minimum Gasteiger partial charge on any atom is -0.381 e. The van der Waals surface area contributed by atoms with Crippen molar-refractivity contribution in [1.29, 1.82) is 0 Å². The Morgan fingerprint density at radius 1 is 1.62 bits per heavy atom. The second-order valence-electron chi connectivity index (χ2n) is 4.17. The van der Waals surface area contributed by atoms with Crippen LogP contribution in [-0.4, -0.2) is 37.6 Å². The number of nitrogens with zero attached hydrogens (tertiary/aromatic N) is 1. The van der Waals surface area contributed by atoms with Crippen molar-refractivity contribution in [3.63, 3.8) is 0 Å². The van der Waals surface area contributed by atoms with E-state index in [4.69, 9.17) is 4.74 Å². The van der Waals surface area contributed by atoms with E-state index in [9.17, 15) is 4.79 Å². The maximum absolute atomic E-state index is 11.7. The van der Waals surface area contributed by atoms with Crippen LogP contribution in [-0.2, 0) is 9.53 Å². The summed E-state index contributed by atoms with van der Waals surface area (Å²) in [6.07, 6.45) is 0.890. The highest BCUT2D eigenvalue weighted by atomic mass is 16.5. The van der Waals surface area contributed by atoms with Crippen molar-refractivity contribution in [2.75, 3.05) is 26.8 Å². The van der Waals surface area contributed by atoms with Gasteiger partial charge in [0.05, 0.1) is 12.5 Å². The molecule has 0 saturated carbocycles. The van der Waals surface area contributed by atoms with Gasteiger partial charge in [-0.05, 0) is 12.3 Å². The van der Waals surface area contributed by atoms with Gasteiger partial charge in [-0.1, -0.05) is 13.8 Å². The molecule has 1 amide bonds. The first-order chi connectivity index (χ1) is 6.11. The minimum atomic E-state index is 0.115. The molecule has 0 aromatic rings. The predicted octanol–water partition coefficient (Wildman–Crippen LogP) is 1.14. The molecule has 0 spiro atoms. The van der Waals surface area contributed by atoms with Crippen molar-refractivity contribution in [1.82, 2.24) is 4.90 Å². The Balaban J connectivity index is 2.36. The largest absolute Gasteiger partial charge is 0.381 e. The lowest BCUT2D eigenvalue weighted by Crippen LogP contribution is -2.35. The number of carbonyl (C=O) groups is 1. The summed E-state index contributed by atoms with van der Waals surface area (Å²) in [6, 6.07) is 0. The van der Waals surface area contributed by atoms with Crippen molar-refractivity contribution in [2.45, 2.75) is 20.3 Å². The second kappa shape index (κ2) is 4.61. The van der Waals surface area contributed by atoms with Crippen LogP contribution in [0.4, 0.5) is 0 Å².